The third-order valence-corrected chi connectivity index (χ3v) is 6.16. The molecule has 0 saturated carbocycles. The molecule has 0 radical (unpaired) electrons. The van der Waals surface area contributed by atoms with Gasteiger partial charge < -0.3 is 40.5 Å². The number of allylic oxidation sites excluding steroid dienone is 8. The number of aliphatic hydroxyl groups excluding tert-OH is 7. The number of ether oxygens (including phenoxy) is 1. The lowest BCUT2D eigenvalue weighted by Crippen LogP contribution is -2.55. The molecule has 9 unspecified atom stereocenters. The molecule has 9 heteroatoms. The van der Waals surface area contributed by atoms with Crippen LogP contribution >= 0.6 is 0 Å². The Morgan fingerprint density at radius 2 is 1.25 bits per heavy atom. The van der Waals surface area contributed by atoms with Gasteiger partial charge in [-0.3, -0.25) is 0 Å². The van der Waals surface area contributed by atoms with Gasteiger partial charge in [0.15, 0.2) is 12.2 Å². The van der Waals surface area contributed by atoms with Crippen molar-refractivity contribution < 1.29 is 45.3 Å². The number of carbonyl (C=O) groups is 1. The van der Waals surface area contributed by atoms with Crippen LogP contribution in [0.15, 0.2) is 48.6 Å². The summed E-state index contributed by atoms with van der Waals surface area (Å²) in [5.41, 5.74) is 0. The van der Waals surface area contributed by atoms with E-state index < -0.39 is 60.7 Å². The van der Waals surface area contributed by atoms with Gasteiger partial charge in [0.05, 0.1) is 6.10 Å². The van der Waals surface area contributed by atoms with Crippen LogP contribution in [0, 0.1) is 11.8 Å². The summed E-state index contributed by atoms with van der Waals surface area (Å²) < 4.78 is 4.61. The Labute approximate surface area is 213 Å². The predicted octanol–water partition coefficient (Wildman–Crippen LogP) is 0.905. The molecule has 0 aromatic heterocycles. The lowest BCUT2D eigenvalue weighted by atomic mass is 9.89. The van der Waals surface area contributed by atoms with Crippen LogP contribution in [0.1, 0.15) is 52.9 Å². The fourth-order valence-corrected chi connectivity index (χ4v) is 3.66. The molecule has 1 saturated heterocycles. The van der Waals surface area contributed by atoms with Crippen molar-refractivity contribution in [2.75, 3.05) is 0 Å². The average Bonchev–Trinajstić information content (AvgIpc) is 3.11. The highest BCUT2D eigenvalue weighted by Gasteiger charge is 2.50. The van der Waals surface area contributed by atoms with Crippen molar-refractivity contribution in [2.24, 2.45) is 11.8 Å². The highest BCUT2D eigenvalue weighted by atomic mass is 16.6. The zero-order chi connectivity index (χ0) is 27.3. The fraction of sp³-hybridized carbons (Fsp3) is 0.667. The molecule has 1 heterocycles. The Bertz CT molecular complexity index is 746. The molecule has 0 amide bonds. The van der Waals surface area contributed by atoms with Crippen LogP contribution in [0.5, 0.6) is 0 Å². The van der Waals surface area contributed by atoms with Gasteiger partial charge in [0.25, 0.3) is 0 Å². The van der Waals surface area contributed by atoms with Crippen LogP contribution in [0.25, 0.3) is 0 Å². The Morgan fingerprint density at radius 3 is 1.75 bits per heavy atom. The molecule has 0 bridgehead atoms. The van der Waals surface area contributed by atoms with Crippen molar-refractivity contribution in [3.63, 3.8) is 0 Å². The van der Waals surface area contributed by atoms with Gasteiger partial charge in [0.1, 0.15) is 30.5 Å². The number of hydrogen-bond acceptors (Lipinski definition) is 9. The molecule has 0 aromatic carbocycles. The molecule has 7 N–H and O–H groups in total. The molecule has 0 aromatic rings. The molecular formula is C27H44O9. The minimum atomic E-state index is -2.05. The lowest BCUT2D eigenvalue weighted by Gasteiger charge is -2.33. The van der Waals surface area contributed by atoms with Crippen molar-refractivity contribution in [1.82, 2.24) is 0 Å². The molecule has 1 aliphatic rings. The van der Waals surface area contributed by atoms with Crippen LogP contribution in [0.2, 0.25) is 0 Å². The smallest absolute Gasteiger partial charge is 0.338 e. The summed E-state index contributed by atoms with van der Waals surface area (Å²) in [6, 6.07) is 0. The van der Waals surface area contributed by atoms with E-state index in [-0.39, 0.29) is 0 Å². The van der Waals surface area contributed by atoms with Gasteiger partial charge in [0, 0.05) is 0 Å². The third kappa shape index (κ3) is 10.6. The first-order chi connectivity index (χ1) is 17.0. The van der Waals surface area contributed by atoms with Crippen molar-refractivity contribution >= 4 is 5.97 Å². The Kier molecular flexibility index (Phi) is 15.0. The van der Waals surface area contributed by atoms with E-state index in [1.165, 1.54) is 6.42 Å². The van der Waals surface area contributed by atoms with E-state index in [0.717, 1.165) is 19.3 Å². The number of unbranched alkanes of at least 4 members (excludes halogenated alkanes) is 1. The van der Waals surface area contributed by atoms with Crippen LogP contribution < -0.4 is 0 Å². The highest BCUT2D eigenvalue weighted by Crippen LogP contribution is 2.24. The summed E-state index contributed by atoms with van der Waals surface area (Å²) in [7, 11) is 0. The van der Waals surface area contributed by atoms with Gasteiger partial charge >= 0.3 is 5.97 Å². The first kappa shape index (κ1) is 32.2. The minimum absolute atomic E-state index is 0.375. The fourth-order valence-electron chi connectivity index (χ4n) is 3.66. The molecule has 1 rings (SSSR count). The Hall–Kier alpha value is -1.85. The minimum Gasteiger partial charge on any atom is -0.455 e. The SMILES string of the molecule is CC(C)CC/C=C/C=C/CC/C=C/C=C/CC(C)C(O)C(O)C(O)C(O)C(O)C1OC(=O)C(O)C1O. The molecule has 9 nitrogen and oxygen atoms in total. The molecule has 1 aliphatic heterocycles. The Balaban J connectivity index is 2.38. The summed E-state index contributed by atoms with van der Waals surface area (Å²) in [4.78, 5) is 11.3. The molecular weight excluding hydrogens is 468 g/mol. The second-order valence-corrected chi connectivity index (χ2v) is 9.76. The van der Waals surface area contributed by atoms with Gasteiger partial charge in [-0.25, -0.2) is 4.79 Å². The largest absolute Gasteiger partial charge is 0.455 e. The molecule has 1 fully saturated rings. The van der Waals surface area contributed by atoms with Crippen molar-refractivity contribution in [3.05, 3.63) is 48.6 Å². The molecule has 0 aliphatic carbocycles. The molecule has 36 heavy (non-hydrogen) atoms. The normalized spacial score (nSPS) is 26.3. The second-order valence-electron chi connectivity index (χ2n) is 9.76. The van der Waals surface area contributed by atoms with Gasteiger partial charge in [-0.2, -0.15) is 0 Å². The van der Waals surface area contributed by atoms with Gasteiger partial charge in [0.2, 0.25) is 0 Å². The zero-order valence-electron chi connectivity index (χ0n) is 21.4. The predicted molar refractivity (Wildman–Crippen MR) is 136 cm³/mol. The Morgan fingerprint density at radius 1 is 0.750 bits per heavy atom. The van der Waals surface area contributed by atoms with E-state index in [1.807, 2.05) is 18.2 Å². The van der Waals surface area contributed by atoms with E-state index in [0.29, 0.717) is 12.3 Å². The summed E-state index contributed by atoms with van der Waals surface area (Å²) in [6.07, 6.45) is 5.71. The van der Waals surface area contributed by atoms with Crippen LogP contribution in [0.4, 0.5) is 0 Å². The monoisotopic (exact) mass is 512 g/mol. The van der Waals surface area contributed by atoms with Gasteiger partial charge in [-0.1, -0.05) is 69.4 Å². The third-order valence-electron chi connectivity index (χ3n) is 6.16. The zero-order valence-corrected chi connectivity index (χ0v) is 21.4. The summed E-state index contributed by atoms with van der Waals surface area (Å²) >= 11 is 0. The standard InChI is InChI=1S/C27H44O9/c1-17(2)15-13-11-9-7-5-4-6-8-10-12-14-16-18(3)19(28)20(29)21(30)22(31)23(32)26-24(33)25(34)27(35)36-26/h5,7-12,14,17-26,28-34H,4,6,13,15-16H2,1-3H3/b7-5+,10-8+,11-9+,14-12+. The topological polar surface area (TPSA) is 168 Å². The second kappa shape index (κ2) is 16.8. The number of aliphatic hydroxyl groups is 7. The van der Waals surface area contributed by atoms with Crippen LogP contribution in [-0.4, -0.2) is 90.5 Å². The summed E-state index contributed by atoms with van der Waals surface area (Å²) in [6.45, 7) is 6.07. The van der Waals surface area contributed by atoms with Crippen molar-refractivity contribution in [2.45, 2.75) is 102 Å². The average molecular weight is 513 g/mol. The number of esters is 1. The lowest BCUT2D eigenvalue weighted by molar-refractivity contribution is -0.174. The van der Waals surface area contributed by atoms with E-state index in [2.05, 4.69) is 42.9 Å². The van der Waals surface area contributed by atoms with E-state index in [4.69, 9.17) is 0 Å². The molecule has 206 valence electrons. The maximum absolute atomic E-state index is 11.3. The van der Waals surface area contributed by atoms with Crippen molar-refractivity contribution in [3.8, 4) is 0 Å². The van der Waals surface area contributed by atoms with E-state index in [1.54, 1.807) is 13.0 Å². The number of carbonyl (C=O) groups excluding carboxylic acids is 1. The van der Waals surface area contributed by atoms with Gasteiger partial charge in [-0.15, -0.1) is 0 Å². The quantitative estimate of drug-likeness (QED) is 0.0903. The first-order valence-electron chi connectivity index (χ1n) is 12.6. The van der Waals surface area contributed by atoms with Gasteiger partial charge in [-0.05, 0) is 43.9 Å². The van der Waals surface area contributed by atoms with E-state index in [9.17, 15) is 40.5 Å². The highest BCUT2D eigenvalue weighted by molar-refractivity contribution is 5.77. The molecule has 9 atom stereocenters. The van der Waals surface area contributed by atoms with Crippen LogP contribution in [-0.2, 0) is 9.53 Å². The van der Waals surface area contributed by atoms with Crippen molar-refractivity contribution in [1.29, 1.82) is 0 Å². The van der Waals surface area contributed by atoms with E-state index >= 15 is 0 Å². The number of rotatable bonds is 16. The first-order valence-corrected chi connectivity index (χ1v) is 12.6. The summed E-state index contributed by atoms with van der Waals surface area (Å²) in [5.74, 6) is -0.958. The summed E-state index contributed by atoms with van der Waals surface area (Å²) in [5, 5.41) is 70.3. The number of hydrogen-bond donors (Lipinski definition) is 7. The maximum Gasteiger partial charge on any atom is 0.338 e. The molecule has 0 spiro atoms. The maximum atomic E-state index is 11.3. The number of cyclic esters (lactones) is 1. The van der Waals surface area contributed by atoms with Crippen LogP contribution in [0.3, 0.4) is 0 Å².